The molecule has 2 rings (SSSR count). The fourth-order valence-corrected chi connectivity index (χ4v) is 3.75. The summed E-state index contributed by atoms with van der Waals surface area (Å²) in [6, 6.07) is 7.59. The van der Waals surface area contributed by atoms with Gasteiger partial charge in [-0.1, -0.05) is 85.0 Å². The van der Waals surface area contributed by atoms with Gasteiger partial charge >= 0.3 is 0 Å². The van der Waals surface area contributed by atoms with Crippen molar-refractivity contribution >= 4 is 0 Å². The van der Waals surface area contributed by atoms with Gasteiger partial charge < -0.3 is 4.74 Å². The highest BCUT2D eigenvalue weighted by Crippen LogP contribution is 2.21. The van der Waals surface area contributed by atoms with Gasteiger partial charge in [0.25, 0.3) is 0 Å². The summed E-state index contributed by atoms with van der Waals surface area (Å²) in [5.74, 6) is 1.41. The Labute approximate surface area is 195 Å². The molecule has 0 bridgehead atoms. The third-order valence-corrected chi connectivity index (χ3v) is 6.31. The van der Waals surface area contributed by atoms with Crippen LogP contribution in [0.5, 0.6) is 5.75 Å². The Morgan fingerprint density at radius 3 is 1.94 bits per heavy atom. The van der Waals surface area contributed by atoms with E-state index in [0.717, 1.165) is 18.4 Å². The predicted molar refractivity (Wildman–Crippen MR) is 133 cm³/mol. The average molecular weight is 443 g/mol. The lowest BCUT2D eigenvalue weighted by atomic mass is 10.0. The van der Waals surface area contributed by atoms with Crippen LogP contribution in [-0.2, 0) is 6.42 Å². The number of benzene rings is 1. The van der Waals surface area contributed by atoms with Crippen molar-refractivity contribution in [2.45, 2.75) is 104 Å². The molecule has 0 radical (unpaired) electrons. The molecule has 0 amide bonds. The molecule has 2 atom stereocenters. The highest BCUT2D eigenvalue weighted by atomic mass is 19.1. The van der Waals surface area contributed by atoms with Gasteiger partial charge in [0.2, 0.25) is 0 Å². The summed E-state index contributed by atoms with van der Waals surface area (Å²) in [4.78, 5) is 9.08. The van der Waals surface area contributed by atoms with Gasteiger partial charge in [-0.25, -0.2) is 14.4 Å². The molecule has 2 aromatic rings. The molecule has 1 heterocycles. The van der Waals surface area contributed by atoms with Crippen LogP contribution in [0, 0.1) is 5.92 Å². The van der Waals surface area contributed by atoms with Gasteiger partial charge in [-0.3, -0.25) is 0 Å². The van der Waals surface area contributed by atoms with Crippen LogP contribution in [-0.4, -0.2) is 22.7 Å². The molecule has 1 aromatic carbocycles. The SMILES string of the molecule is CCCCCCCCCCCCc1cnc(-c2ccc(OCC(F)C(C)CC)cc2)nc1. The van der Waals surface area contributed by atoms with Crippen LogP contribution >= 0.6 is 0 Å². The highest BCUT2D eigenvalue weighted by Gasteiger charge is 2.15. The Morgan fingerprint density at radius 1 is 0.812 bits per heavy atom. The van der Waals surface area contributed by atoms with Crippen molar-refractivity contribution in [3.05, 3.63) is 42.2 Å². The second-order valence-electron chi connectivity index (χ2n) is 9.08. The molecule has 178 valence electrons. The Kier molecular flexibility index (Phi) is 13.0. The molecule has 3 nitrogen and oxygen atoms in total. The van der Waals surface area contributed by atoms with Crippen LogP contribution in [0.25, 0.3) is 11.4 Å². The molecule has 0 N–H and O–H groups in total. The lowest BCUT2D eigenvalue weighted by molar-refractivity contribution is 0.145. The summed E-state index contributed by atoms with van der Waals surface area (Å²) in [6.07, 6.45) is 18.3. The molecule has 0 saturated heterocycles. The third kappa shape index (κ3) is 10.1. The molecule has 0 aliphatic heterocycles. The van der Waals surface area contributed by atoms with Gasteiger partial charge in [-0.15, -0.1) is 0 Å². The van der Waals surface area contributed by atoms with Crippen LogP contribution in [0.15, 0.2) is 36.7 Å². The smallest absolute Gasteiger partial charge is 0.159 e. The summed E-state index contributed by atoms with van der Waals surface area (Å²) >= 11 is 0. The van der Waals surface area contributed by atoms with Gasteiger partial charge in [0, 0.05) is 18.0 Å². The second-order valence-corrected chi connectivity index (χ2v) is 9.08. The van der Waals surface area contributed by atoms with Gasteiger partial charge in [-0.05, 0) is 48.6 Å². The monoisotopic (exact) mass is 442 g/mol. The van der Waals surface area contributed by atoms with Crippen LogP contribution in [0.4, 0.5) is 4.39 Å². The minimum Gasteiger partial charge on any atom is -0.491 e. The molecule has 2 unspecified atom stereocenters. The zero-order chi connectivity index (χ0) is 23.0. The molecule has 1 aromatic heterocycles. The Bertz CT molecular complexity index is 717. The summed E-state index contributed by atoms with van der Waals surface area (Å²) in [7, 11) is 0. The van der Waals surface area contributed by atoms with Crippen molar-refractivity contribution in [1.29, 1.82) is 0 Å². The van der Waals surface area contributed by atoms with Crippen molar-refractivity contribution in [3.63, 3.8) is 0 Å². The molecule has 0 aliphatic rings. The topological polar surface area (TPSA) is 35.0 Å². The largest absolute Gasteiger partial charge is 0.491 e. The van der Waals surface area contributed by atoms with Gasteiger partial charge in [0.1, 0.15) is 18.5 Å². The zero-order valence-corrected chi connectivity index (χ0v) is 20.5. The maximum Gasteiger partial charge on any atom is 0.159 e. The number of unbranched alkanes of at least 4 members (excludes halogenated alkanes) is 9. The Balaban J connectivity index is 1.65. The van der Waals surface area contributed by atoms with E-state index in [1.54, 1.807) is 0 Å². The predicted octanol–water partition coefficient (Wildman–Crippen LogP) is 8.37. The number of hydrogen-bond donors (Lipinski definition) is 0. The number of rotatable bonds is 17. The number of alkyl halides is 1. The first-order valence-corrected chi connectivity index (χ1v) is 12.8. The number of halogens is 1. The molecule has 0 saturated carbocycles. The van der Waals surface area contributed by atoms with Gasteiger partial charge in [-0.2, -0.15) is 0 Å². The number of nitrogens with zero attached hydrogens (tertiary/aromatic N) is 2. The second kappa shape index (κ2) is 15.8. The Morgan fingerprint density at radius 2 is 1.38 bits per heavy atom. The summed E-state index contributed by atoms with van der Waals surface area (Å²) in [6.45, 7) is 6.27. The molecule has 32 heavy (non-hydrogen) atoms. The van der Waals surface area contributed by atoms with E-state index in [0.29, 0.717) is 11.6 Å². The number of hydrogen-bond acceptors (Lipinski definition) is 3. The summed E-state index contributed by atoms with van der Waals surface area (Å²) in [5, 5.41) is 0. The van der Waals surface area contributed by atoms with Crippen molar-refractivity contribution in [3.8, 4) is 17.1 Å². The maximum atomic E-state index is 13.9. The Hall–Kier alpha value is -1.97. The van der Waals surface area contributed by atoms with E-state index in [2.05, 4.69) is 16.9 Å². The first-order chi connectivity index (χ1) is 15.6. The van der Waals surface area contributed by atoms with Crippen LogP contribution in [0.1, 0.15) is 97.0 Å². The zero-order valence-electron chi connectivity index (χ0n) is 20.5. The number of aromatic nitrogens is 2. The van der Waals surface area contributed by atoms with Crippen LogP contribution in [0.2, 0.25) is 0 Å². The van der Waals surface area contributed by atoms with E-state index in [9.17, 15) is 4.39 Å². The summed E-state index contributed by atoms with van der Waals surface area (Å²) < 4.78 is 19.5. The van der Waals surface area contributed by atoms with Crippen molar-refractivity contribution in [1.82, 2.24) is 9.97 Å². The maximum absolute atomic E-state index is 13.9. The molecular formula is C28H43FN2O. The van der Waals surface area contributed by atoms with Crippen molar-refractivity contribution in [2.24, 2.45) is 5.92 Å². The molecule has 4 heteroatoms. The number of aryl methyl sites for hydroxylation is 1. The normalized spacial score (nSPS) is 13.1. The fraction of sp³-hybridized carbons (Fsp3) is 0.643. The van der Waals surface area contributed by atoms with E-state index >= 15 is 0 Å². The van der Waals surface area contributed by atoms with E-state index in [1.165, 1.54) is 69.8 Å². The van der Waals surface area contributed by atoms with Crippen LogP contribution in [0.3, 0.4) is 0 Å². The minimum atomic E-state index is -0.939. The molecule has 0 fully saturated rings. The quantitative estimate of drug-likeness (QED) is 0.231. The first-order valence-electron chi connectivity index (χ1n) is 12.8. The lowest BCUT2D eigenvalue weighted by Gasteiger charge is -2.15. The first kappa shape index (κ1) is 26.3. The molecular weight excluding hydrogens is 399 g/mol. The van der Waals surface area contributed by atoms with E-state index in [-0.39, 0.29) is 12.5 Å². The molecule has 0 spiro atoms. The minimum absolute atomic E-state index is 0.0153. The van der Waals surface area contributed by atoms with E-state index in [1.807, 2.05) is 50.5 Å². The third-order valence-electron chi connectivity index (χ3n) is 6.31. The van der Waals surface area contributed by atoms with Crippen molar-refractivity contribution in [2.75, 3.05) is 6.61 Å². The van der Waals surface area contributed by atoms with Gasteiger partial charge in [0.15, 0.2) is 5.82 Å². The van der Waals surface area contributed by atoms with E-state index < -0.39 is 6.17 Å². The average Bonchev–Trinajstić information content (AvgIpc) is 2.84. The van der Waals surface area contributed by atoms with E-state index in [4.69, 9.17) is 4.74 Å². The lowest BCUT2D eigenvalue weighted by Crippen LogP contribution is -2.20. The highest BCUT2D eigenvalue weighted by molar-refractivity contribution is 5.55. The van der Waals surface area contributed by atoms with Crippen LogP contribution < -0.4 is 4.74 Å². The van der Waals surface area contributed by atoms with Crippen molar-refractivity contribution < 1.29 is 9.13 Å². The standard InChI is InChI=1S/C28H43FN2O/c1-4-6-7-8-9-10-11-12-13-14-15-24-20-30-28(31-21-24)25-16-18-26(19-17-25)32-22-27(29)23(3)5-2/h16-21,23,27H,4-15,22H2,1-3H3. The van der Waals surface area contributed by atoms with Gasteiger partial charge in [0.05, 0.1) is 0 Å². The summed E-state index contributed by atoms with van der Waals surface area (Å²) in [5.41, 5.74) is 2.15. The number of ether oxygens (including phenoxy) is 1. The fourth-order valence-electron chi connectivity index (χ4n) is 3.75. The molecule has 0 aliphatic carbocycles.